The lowest BCUT2D eigenvalue weighted by atomic mass is 10.1. The lowest BCUT2D eigenvalue weighted by Crippen LogP contribution is -2.42. The van der Waals surface area contributed by atoms with Crippen molar-refractivity contribution >= 4 is 21.8 Å². The predicted octanol–water partition coefficient (Wildman–Crippen LogP) is 4.02. The molecule has 0 heterocycles. The largest absolute Gasteiger partial charge is 0.334 e. The van der Waals surface area contributed by atoms with E-state index in [1.165, 1.54) is 0 Å². The third-order valence-corrected chi connectivity index (χ3v) is 3.39. The van der Waals surface area contributed by atoms with Gasteiger partial charge in [-0.1, -0.05) is 11.6 Å². The molecular formula is C14H20BrNO. The lowest BCUT2D eigenvalue weighted by molar-refractivity contribution is 0.0642. The number of hydrogen-bond donors (Lipinski definition) is 0. The van der Waals surface area contributed by atoms with Gasteiger partial charge < -0.3 is 4.90 Å². The maximum absolute atomic E-state index is 12.5. The first-order chi connectivity index (χ1) is 7.84. The summed E-state index contributed by atoms with van der Waals surface area (Å²) in [4.78, 5) is 14.4. The van der Waals surface area contributed by atoms with Crippen LogP contribution in [0.1, 0.15) is 43.6 Å². The van der Waals surface area contributed by atoms with E-state index < -0.39 is 0 Å². The Kier molecular flexibility index (Phi) is 4.75. The fraction of sp³-hybridized carbons (Fsp3) is 0.500. The van der Waals surface area contributed by atoms with Gasteiger partial charge in [-0.15, -0.1) is 0 Å². The molecule has 17 heavy (non-hydrogen) atoms. The monoisotopic (exact) mass is 297 g/mol. The van der Waals surface area contributed by atoms with Gasteiger partial charge >= 0.3 is 0 Å². The Morgan fingerprint density at radius 3 is 2.18 bits per heavy atom. The molecular weight excluding hydrogens is 278 g/mol. The van der Waals surface area contributed by atoms with Gasteiger partial charge in [0.25, 0.3) is 5.91 Å². The zero-order valence-corrected chi connectivity index (χ0v) is 12.7. The molecule has 0 saturated carbocycles. The second-order valence-corrected chi connectivity index (χ2v) is 5.74. The Morgan fingerprint density at radius 1 is 1.18 bits per heavy atom. The van der Waals surface area contributed by atoms with Gasteiger partial charge in [0, 0.05) is 16.6 Å². The van der Waals surface area contributed by atoms with E-state index >= 15 is 0 Å². The quantitative estimate of drug-likeness (QED) is 0.825. The van der Waals surface area contributed by atoms with Crippen molar-refractivity contribution in [3.8, 4) is 0 Å². The van der Waals surface area contributed by atoms with Gasteiger partial charge in [0.05, 0.1) is 5.56 Å². The van der Waals surface area contributed by atoms with E-state index in [4.69, 9.17) is 0 Å². The molecule has 0 bridgehead atoms. The second kappa shape index (κ2) is 5.67. The summed E-state index contributed by atoms with van der Waals surface area (Å²) >= 11 is 3.45. The first-order valence-electron chi connectivity index (χ1n) is 5.93. The SMILES string of the molecule is Cc1ccc(Br)c(C(=O)N(C(C)C)C(C)C)c1. The van der Waals surface area contributed by atoms with Crippen LogP contribution in [0.15, 0.2) is 22.7 Å². The van der Waals surface area contributed by atoms with Crippen molar-refractivity contribution in [1.29, 1.82) is 0 Å². The van der Waals surface area contributed by atoms with Crippen LogP contribution in [0.25, 0.3) is 0 Å². The van der Waals surface area contributed by atoms with E-state index in [1.54, 1.807) is 0 Å². The normalized spacial score (nSPS) is 11.1. The van der Waals surface area contributed by atoms with Crippen LogP contribution in [-0.2, 0) is 0 Å². The fourth-order valence-corrected chi connectivity index (χ4v) is 2.42. The van der Waals surface area contributed by atoms with Gasteiger partial charge in [-0.3, -0.25) is 4.79 Å². The number of hydrogen-bond acceptors (Lipinski definition) is 1. The number of benzene rings is 1. The Hall–Kier alpha value is -0.830. The van der Waals surface area contributed by atoms with Crippen LogP contribution in [0.5, 0.6) is 0 Å². The van der Waals surface area contributed by atoms with Crippen molar-refractivity contribution in [2.75, 3.05) is 0 Å². The van der Waals surface area contributed by atoms with E-state index in [0.29, 0.717) is 0 Å². The van der Waals surface area contributed by atoms with Gasteiger partial charge in [0.1, 0.15) is 0 Å². The molecule has 0 aliphatic rings. The standard InChI is InChI=1S/C14H20BrNO/c1-9(2)16(10(3)4)14(17)12-8-11(5)6-7-13(12)15/h6-10H,1-5H3. The summed E-state index contributed by atoms with van der Waals surface area (Å²) in [5.74, 6) is 0.0885. The van der Waals surface area contributed by atoms with Crippen LogP contribution in [0, 0.1) is 6.92 Å². The van der Waals surface area contributed by atoms with E-state index in [9.17, 15) is 4.79 Å². The molecule has 0 aliphatic heterocycles. The summed E-state index contributed by atoms with van der Waals surface area (Å²) in [5, 5.41) is 0. The summed E-state index contributed by atoms with van der Waals surface area (Å²) < 4.78 is 0.861. The van der Waals surface area contributed by atoms with Crippen LogP contribution in [0.4, 0.5) is 0 Å². The highest BCUT2D eigenvalue weighted by Crippen LogP contribution is 2.22. The second-order valence-electron chi connectivity index (χ2n) is 4.88. The van der Waals surface area contributed by atoms with Crippen molar-refractivity contribution in [3.05, 3.63) is 33.8 Å². The predicted molar refractivity (Wildman–Crippen MR) is 75.3 cm³/mol. The molecule has 0 aliphatic carbocycles. The molecule has 0 unspecified atom stereocenters. The highest BCUT2D eigenvalue weighted by Gasteiger charge is 2.23. The summed E-state index contributed by atoms with van der Waals surface area (Å²) in [6.07, 6.45) is 0. The topological polar surface area (TPSA) is 20.3 Å². The third kappa shape index (κ3) is 3.32. The molecule has 0 atom stereocenters. The van der Waals surface area contributed by atoms with Crippen molar-refractivity contribution in [2.24, 2.45) is 0 Å². The maximum atomic E-state index is 12.5. The summed E-state index contributed by atoms with van der Waals surface area (Å²) in [5.41, 5.74) is 1.84. The van der Waals surface area contributed by atoms with Crippen molar-refractivity contribution in [3.63, 3.8) is 0 Å². The van der Waals surface area contributed by atoms with E-state index in [0.717, 1.165) is 15.6 Å². The molecule has 0 aromatic heterocycles. The number of carbonyl (C=O) groups excluding carboxylic acids is 1. The molecule has 0 saturated heterocycles. The van der Waals surface area contributed by atoms with Crippen LogP contribution < -0.4 is 0 Å². The van der Waals surface area contributed by atoms with E-state index in [-0.39, 0.29) is 18.0 Å². The van der Waals surface area contributed by atoms with Crippen LogP contribution >= 0.6 is 15.9 Å². The summed E-state index contributed by atoms with van der Waals surface area (Å²) in [6.45, 7) is 10.2. The molecule has 1 rings (SSSR count). The summed E-state index contributed by atoms with van der Waals surface area (Å²) in [6, 6.07) is 6.27. The third-order valence-electron chi connectivity index (χ3n) is 2.70. The van der Waals surface area contributed by atoms with Gasteiger partial charge in [-0.05, 0) is 62.7 Å². The number of halogens is 1. The van der Waals surface area contributed by atoms with Crippen molar-refractivity contribution < 1.29 is 4.79 Å². The number of aryl methyl sites for hydroxylation is 1. The maximum Gasteiger partial charge on any atom is 0.255 e. The van der Waals surface area contributed by atoms with Crippen LogP contribution in [0.3, 0.4) is 0 Å². The molecule has 3 heteroatoms. The Bertz CT molecular complexity index is 405. The van der Waals surface area contributed by atoms with Gasteiger partial charge in [-0.2, -0.15) is 0 Å². The number of nitrogens with zero attached hydrogens (tertiary/aromatic N) is 1. The van der Waals surface area contributed by atoms with Crippen molar-refractivity contribution in [2.45, 2.75) is 46.7 Å². The molecule has 1 aromatic rings. The van der Waals surface area contributed by atoms with Crippen LogP contribution in [-0.4, -0.2) is 22.9 Å². The van der Waals surface area contributed by atoms with Crippen molar-refractivity contribution in [1.82, 2.24) is 4.90 Å². The molecule has 0 spiro atoms. The van der Waals surface area contributed by atoms with Crippen LogP contribution in [0.2, 0.25) is 0 Å². The van der Waals surface area contributed by atoms with Gasteiger partial charge in [-0.25, -0.2) is 0 Å². The minimum Gasteiger partial charge on any atom is -0.334 e. The first kappa shape index (κ1) is 14.2. The molecule has 94 valence electrons. The minimum absolute atomic E-state index is 0.0885. The smallest absolute Gasteiger partial charge is 0.255 e. The Morgan fingerprint density at radius 2 is 1.71 bits per heavy atom. The highest BCUT2D eigenvalue weighted by atomic mass is 79.9. The molecule has 0 N–H and O–H groups in total. The fourth-order valence-electron chi connectivity index (χ4n) is 2.01. The average molecular weight is 298 g/mol. The lowest BCUT2D eigenvalue weighted by Gasteiger charge is -2.31. The zero-order valence-electron chi connectivity index (χ0n) is 11.1. The first-order valence-corrected chi connectivity index (χ1v) is 6.72. The molecule has 0 fully saturated rings. The van der Waals surface area contributed by atoms with E-state index in [2.05, 4.69) is 15.9 Å². The molecule has 0 radical (unpaired) electrons. The van der Waals surface area contributed by atoms with E-state index in [1.807, 2.05) is 57.7 Å². The minimum atomic E-state index is 0.0885. The molecule has 1 amide bonds. The summed E-state index contributed by atoms with van der Waals surface area (Å²) in [7, 11) is 0. The number of amides is 1. The number of rotatable bonds is 3. The molecule has 1 aromatic carbocycles. The Balaban J connectivity index is 3.14. The average Bonchev–Trinajstić information content (AvgIpc) is 2.20. The highest BCUT2D eigenvalue weighted by molar-refractivity contribution is 9.10. The Labute approximate surface area is 112 Å². The zero-order chi connectivity index (χ0) is 13.2. The van der Waals surface area contributed by atoms with Gasteiger partial charge in [0.2, 0.25) is 0 Å². The molecule has 2 nitrogen and oxygen atoms in total. The van der Waals surface area contributed by atoms with Gasteiger partial charge in [0.15, 0.2) is 0 Å². The number of carbonyl (C=O) groups is 1.